The molecule has 0 aliphatic carbocycles. The van der Waals surface area contributed by atoms with Crippen LogP contribution in [0.5, 0.6) is 0 Å². The van der Waals surface area contributed by atoms with Crippen LogP contribution in [0.15, 0.2) is 12.1 Å². The van der Waals surface area contributed by atoms with Gasteiger partial charge in [0.2, 0.25) is 0 Å². The molecule has 0 saturated carbocycles. The van der Waals surface area contributed by atoms with Gasteiger partial charge in [-0.05, 0) is 26.2 Å². The standard InChI is InChI=1S/C10H14N2OS/c1-11(2)8-5-12(6-8)10-4-3-9(7-13)14-10/h3-4,7-8H,5-6H2,1-2H3. The molecule has 1 fully saturated rings. The second-order valence-corrected chi connectivity index (χ2v) is 4.91. The quantitative estimate of drug-likeness (QED) is 0.703. The molecule has 0 unspecified atom stereocenters. The monoisotopic (exact) mass is 210 g/mol. The molecule has 0 bridgehead atoms. The van der Waals surface area contributed by atoms with Crippen LogP contribution < -0.4 is 4.90 Å². The summed E-state index contributed by atoms with van der Waals surface area (Å²) in [5.74, 6) is 0. The highest BCUT2D eigenvalue weighted by Crippen LogP contribution is 2.29. The number of hydrogen-bond acceptors (Lipinski definition) is 4. The van der Waals surface area contributed by atoms with Crippen molar-refractivity contribution in [3.8, 4) is 0 Å². The van der Waals surface area contributed by atoms with Gasteiger partial charge in [-0.15, -0.1) is 11.3 Å². The Morgan fingerprint density at radius 1 is 1.50 bits per heavy atom. The molecule has 1 aromatic rings. The van der Waals surface area contributed by atoms with E-state index in [0.717, 1.165) is 24.3 Å². The third-order valence-corrected chi connectivity index (χ3v) is 3.70. The predicted octanol–water partition coefficient (Wildman–Crippen LogP) is 1.31. The first-order valence-corrected chi connectivity index (χ1v) is 5.48. The molecule has 1 aromatic heterocycles. The Hall–Kier alpha value is -0.870. The molecule has 0 N–H and O–H groups in total. The number of aldehydes is 1. The summed E-state index contributed by atoms with van der Waals surface area (Å²) in [6.45, 7) is 2.15. The summed E-state index contributed by atoms with van der Waals surface area (Å²) in [4.78, 5) is 15.9. The van der Waals surface area contributed by atoms with Gasteiger partial charge in [0.05, 0.1) is 9.88 Å². The van der Waals surface area contributed by atoms with Crippen LogP contribution in [0.2, 0.25) is 0 Å². The smallest absolute Gasteiger partial charge is 0.160 e. The van der Waals surface area contributed by atoms with Gasteiger partial charge >= 0.3 is 0 Å². The summed E-state index contributed by atoms with van der Waals surface area (Å²) in [6.07, 6.45) is 0.914. The largest absolute Gasteiger partial charge is 0.360 e. The van der Waals surface area contributed by atoms with Crippen molar-refractivity contribution in [3.63, 3.8) is 0 Å². The maximum atomic E-state index is 10.5. The van der Waals surface area contributed by atoms with E-state index in [1.807, 2.05) is 12.1 Å². The zero-order chi connectivity index (χ0) is 10.1. The molecule has 14 heavy (non-hydrogen) atoms. The molecule has 1 aliphatic rings. The lowest BCUT2D eigenvalue weighted by molar-refractivity contribution is 0.112. The van der Waals surface area contributed by atoms with Crippen molar-refractivity contribution in [2.24, 2.45) is 0 Å². The molecule has 0 amide bonds. The van der Waals surface area contributed by atoms with Crippen molar-refractivity contribution >= 4 is 22.6 Å². The maximum Gasteiger partial charge on any atom is 0.160 e. The molecule has 2 heterocycles. The third kappa shape index (κ3) is 1.67. The number of likely N-dealkylation sites (N-methyl/N-ethyl adjacent to an activating group) is 1. The summed E-state index contributed by atoms with van der Waals surface area (Å²) in [5, 5.41) is 1.21. The van der Waals surface area contributed by atoms with Gasteiger partial charge in [0.1, 0.15) is 0 Å². The molecule has 1 aliphatic heterocycles. The first-order chi connectivity index (χ1) is 6.70. The Kier molecular flexibility index (Phi) is 2.56. The lowest BCUT2D eigenvalue weighted by atomic mass is 10.1. The SMILES string of the molecule is CN(C)C1CN(c2ccc(C=O)s2)C1. The molecule has 3 nitrogen and oxygen atoms in total. The first-order valence-electron chi connectivity index (χ1n) is 4.67. The fourth-order valence-electron chi connectivity index (χ4n) is 1.54. The highest BCUT2D eigenvalue weighted by atomic mass is 32.1. The van der Waals surface area contributed by atoms with E-state index in [1.165, 1.54) is 5.00 Å². The van der Waals surface area contributed by atoms with Crippen molar-refractivity contribution in [1.82, 2.24) is 4.90 Å². The third-order valence-electron chi connectivity index (χ3n) is 2.63. The Morgan fingerprint density at radius 2 is 2.21 bits per heavy atom. The molecular weight excluding hydrogens is 196 g/mol. The van der Waals surface area contributed by atoms with Crippen LogP contribution >= 0.6 is 11.3 Å². The molecular formula is C10H14N2OS. The summed E-state index contributed by atoms with van der Waals surface area (Å²) in [7, 11) is 4.21. The zero-order valence-electron chi connectivity index (χ0n) is 8.43. The van der Waals surface area contributed by atoms with Crippen LogP contribution in [0.1, 0.15) is 9.67 Å². The second-order valence-electron chi connectivity index (χ2n) is 3.82. The van der Waals surface area contributed by atoms with Crippen LogP contribution in [-0.4, -0.2) is 44.4 Å². The van der Waals surface area contributed by atoms with Gasteiger partial charge in [0.15, 0.2) is 6.29 Å². The fourth-order valence-corrected chi connectivity index (χ4v) is 2.38. The number of carbonyl (C=O) groups is 1. The van der Waals surface area contributed by atoms with Gasteiger partial charge in [0, 0.05) is 19.1 Å². The Morgan fingerprint density at radius 3 is 2.71 bits per heavy atom. The number of thiophene rings is 1. The summed E-state index contributed by atoms with van der Waals surface area (Å²) < 4.78 is 0. The van der Waals surface area contributed by atoms with Crippen molar-refractivity contribution in [3.05, 3.63) is 17.0 Å². The van der Waals surface area contributed by atoms with Gasteiger partial charge in [-0.2, -0.15) is 0 Å². The van der Waals surface area contributed by atoms with Crippen LogP contribution in [0.4, 0.5) is 5.00 Å². The highest BCUT2D eigenvalue weighted by Gasteiger charge is 2.28. The first kappa shape index (κ1) is 9.68. The van der Waals surface area contributed by atoms with Crippen molar-refractivity contribution in [2.45, 2.75) is 6.04 Å². The van der Waals surface area contributed by atoms with E-state index in [1.54, 1.807) is 11.3 Å². The van der Waals surface area contributed by atoms with E-state index in [-0.39, 0.29) is 0 Å². The van der Waals surface area contributed by atoms with Crippen molar-refractivity contribution in [1.29, 1.82) is 0 Å². The minimum Gasteiger partial charge on any atom is -0.360 e. The highest BCUT2D eigenvalue weighted by molar-refractivity contribution is 7.17. The number of rotatable bonds is 3. The molecule has 0 aromatic carbocycles. The van der Waals surface area contributed by atoms with Gasteiger partial charge in [-0.3, -0.25) is 4.79 Å². The summed E-state index contributed by atoms with van der Waals surface area (Å²) in [5.41, 5.74) is 0. The molecule has 1 saturated heterocycles. The lowest BCUT2D eigenvalue weighted by Crippen LogP contribution is -2.57. The van der Waals surface area contributed by atoms with E-state index in [4.69, 9.17) is 0 Å². The lowest BCUT2D eigenvalue weighted by Gasteiger charge is -2.43. The molecule has 0 atom stereocenters. The van der Waals surface area contributed by atoms with E-state index in [0.29, 0.717) is 6.04 Å². The van der Waals surface area contributed by atoms with E-state index in [2.05, 4.69) is 23.9 Å². The van der Waals surface area contributed by atoms with E-state index >= 15 is 0 Å². The van der Waals surface area contributed by atoms with Crippen LogP contribution in [0, 0.1) is 0 Å². The van der Waals surface area contributed by atoms with E-state index in [9.17, 15) is 4.79 Å². The van der Waals surface area contributed by atoms with Crippen LogP contribution in [0.25, 0.3) is 0 Å². The average molecular weight is 210 g/mol. The van der Waals surface area contributed by atoms with E-state index < -0.39 is 0 Å². The number of hydrogen-bond donors (Lipinski definition) is 0. The Labute approximate surface area is 87.9 Å². The molecule has 76 valence electrons. The number of carbonyl (C=O) groups excluding carboxylic acids is 1. The minimum atomic E-state index is 0.664. The van der Waals surface area contributed by atoms with Gasteiger partial charge in [0.25, 0.3) is 0 Å². The minimum absolute atomic E-state index is 0.664. The molecule has 4 heteroatoms. The second kappa shape index (κ2) is 3.71. The Bertz CT molecular complexity index is 329. The molecule has 0 radical (unpaired) electrons. The Balaban J connectivity index is 1.96. The van der Waals surface area contributed by atoms with Crippen molar-refractivity contribution in [2.75, 3.05) is 32.1 Å². The van der Waals surface area contributed by atoms with Crippen LogP contribution in [0.3, 0.4) is 0 Å². The summed E-state index contributed by atoms with van der Waals surface area (Å²) in [6, 6.07) is 4.58. The maximum absolute atomic E-state index is 10.5. The van der Waals surface area contributed by atoms with Crippen molar-refractivity contribution < 1.29 is 4.79 Å². The topological polar surface area (TPSA) is 23.6 Å². The average Bonchev–Trinajstić information content (AvgIpc) is 2.49. The molecule has 2 rings (SSSR count). The number of anilines is 1. The number of nitrogens with zero attached hydrogens (tertiary/aromatic N) is 2. The summed E-state index contributed by atoms with van der Waals surface area (Å²) >= 11 is 1.57. The van der Waals surface area contributed by atoms with Gasteiger partial charge in [-0.25, -0.2) is 0 Å². The predicted molar refractivity (Wildman–Crippen MR) is 59.4 cm³/mol. The van der Waals surface area contributed by atoms with Gasteiger partial charge < -0.3 is 9.80 Å². The fraction of sp³-hybridized carbons (Fsp3) is 0.500. The zero-order valence-corrected chi connectivity index (χ0v) is 9.25. The molecule has 0 spiro atoms. The van der Waals surface area contributed by atoms with Crippen LogP contribution in [-0.2, 0) is 0 Å². The normalized spacial score (nSPS) is 17.2. The van der Waals surface area contributed by atoms with Gasteiger partial charge in [-0.1, -0.05) is 0 Å².